The normalized spacial score (nSPS) is 39.6. The molecule has 150 valence electrons. The van der Waals surface area contributed by atoms with Crippen LogP contribution >= 0.6 is 0 Å². The number of carboxylic acid groups (broad SMARTS) is 1. The fraction of sp³-hybridized carbons (Fsp3) is 0.850. The quantitative estimate of drug-likeness (QED) is 0.729. The van der Waals surface area contributed by atoms with Crippen molar-refractivity contribution in [3.8, 4) is 0 Å². The Morgan fingerprint density at radius 1 is 1.07 bits per heavy atom. The zero-order valence-corrected chi connectivity index (χ0v) is 16.0. The Labute approximate surface area is 159 Å². The molecular formula is C20H30N2O5. The van der Waals surface area contributed by atoms with Crippen LogP contribution < -0.4 is 5.32 Å². The first-order valence-electron chi connectivity index (χ1n) is 10.2. The number of ether oxygens (including phenoxy) is 1. The summed E-state index contributed by atoms with van der Waals surface area (Å²) in [5, 5.41) is 12.1. The zero-order chi connectivity index (χ0) is 19.2. The molecule has 0 spiro atoms. The smallest absolute Gasteiger partial charge is 0.326 e. The maximum Gasteiger partial charge on any atom is 0.326 e. The Balaban J connectivity index is 1.30. The van der Waals surface area contributed by atoms with E-state index in [2.05, 4.69) is 5.32 Å². The molecule has 0 aromatic heterocycles. The molecule has 4 bridgehead atoms. The third-order valence-corrected chi connectivity index (χ3v) is 7.34. The Morgan fingerprint density at radius 3 is 2.19 bits per heavy atom. The average molecular weight is 378 g/mol. The van der Waals surface area contributed by atoms with Crippen LogP contribution in [0.3, 0.4) is 0 Å². The van der Waals surface area contributed by atoms with E-state index in [1.807, 2.05) is 0 Å². The Hall–Kier alpha value is -1.63. The summed E-state index contributed by atoms with van der Waals surface area (Å²) in [5.74, 6) is 0.927. The predicted octanol–water partition coefficient (Wildman–Crippen LogP) is 1.41. The van der Waals surface area contributed by atoms with E-state index in [9.17, 15) is 19.5 Å². The van der Waals surface area contributed by atoms with Gasteiger partial charge in [-0.25, -0.2) is 4.79 Å². The van der Waals surface area contributed by atoms with Crippen molar-refractivity contribution < 1.29 is 24.2 Å². The van der Waals surface area contributed by atoms with Crippen molar-refractivity contribution in [1.82, 2.24) is 10.2 Å². The zero-order valence-electron chi connectivity index (χ0n) is 16.0. The predicted molar refractivity (Wildman–Crippen MR) is 96.8 cm³/mol. The molecule has 2 unspecified atom stereocenters. The standard InChI is InChI=1S/C20H30N2O5/c1-27-15-5-16(19(25)26)22(11-15)18(24)10-21-17(23)9-20-6-12-2-13(7-20)4-14(3-12)8-20/h12-16H,2-11H2,1H3,(H,21,23)(H,25,26). The van der Waals surface area contributed by atoms with Gasteiger partial charge < -0.3 is 20.1 Å². The van der Waals surface area contributed by atoms with Crippen LogP contribution in [0.25, 0.3) is 0 Å². The third kappa shape index (κ3) is 3.71. The number of amides is 2. The van der Waals surface area contributed by atoms with Crippen LogP contribution in [-0.4, -0.2) is 60.1 Å². The van der Waals surface area contributed by atoms with E-state index in [0.717, 1.165) is 37.0 Å². The van der Waals surface area contributed by atoms with Crippen LogP contribution in [0, 0.1) is 23.2 Å². The fourth-order valence-electron chi connectivity index (χ4n) is 6.66. The van der Waals surface area contributed by atoms with Gasteiger partial charge in [-0.1, -0.05) is 0 Å². The fourth-order valence-corrected chi connectivity index (χ4v) is 6.66. The number of carbonyl (C=O) groups excluding carboxylic acids is 2. The highest BCUT2D eigenvalue weighted by atomic mass is 16.5. The first-order valence-corrected chi connectivity index (χ1v) is 10.2. The van der Waals surface area contributed by atoms with Crippen LogP contribution in [0.15, 0.2) is 0 Å². The number of aliphatic carboxylic acids is 1. The number of nitrogens with zero attached hydrogens (tertiary/aromatic N) is 1. The van der Waals surface area contributed by atoms with Crippen molar-refractivity contribution in [2.75, 3.05) is 20.2 Å². The van der Waals surface area contributed by atoms with Crippen molar-refractivity contribution in [3.05, 3.63) is 0 Å². The summed E-state index contributed by atoms with van der Waals surface area (Å²) in [4.78, 5) is 37.8. The molecule has 5 aliphatic rings. The van der Waals surface area contributed by atoms with E-state index in [1.165, 1.54) is 31.3 Å². The number of hydrogen-bond donors (Lipinski definition) is 2. The van der Waals surface area contributed by atoms with Crippen LogP contribution in [0.2, 0.25) is 0 Å². The first-order chi connectivity index (χ1) is 12.9. The largest absolute Gasteiger partial charge is 0.480 e. The minimum Gasteiger partial charge on any atom is -0.480 e. The van der Waals surface area contributed by atoms with Crippen molar-refractivity contribution >= 4 is 17.8 Å². The molecule has 4 saturated carbocycles. The van der Waals surface area contributed by atoms with Crippen molar-refractivity contribution in [2.24, 2.45) is 23.2 Å². The number of likely N-dealkylation sites (tertiary alicyclic amines) is 1. The molecule has 2 amide bonds. The van der Waals surface area contributed by atoms with Crippen LogP contribution in [0.5, 0.6) is 0 Å². The van der Waals surface area contributed by atoms with E-state index < -0.39 is 12.0 Å². The van der Waals surface area contributed by atoms with Crippen LogP contribution in [-0.2, 0) is 19.1 Å². The number of carboxylic acids is 1. The molecule has 4 aliphatic carbocycles. The summed E-state index contributed by atoms with van der Waals surface area (Å²) in [6, 6.07) is -0.873. The Kier molecular flexibility index (Phi) is 4.91. The second kappa shape index (κ2) is 7.08. The van der Waals surface area contributed by atoms with Gasteiger partial charge in [0.25, 0.3) is 0 Å². The minimum atomic E-state index is -1.03. The molecule has 2 N–H and O–H groups in total. The van der Waals surface area contributed by atoms with Gasteiger partial charge in [-0.05, 0) is 61.7 Å². The summed E-state index contributed by atoms with van der Waals surface area (Å²) < 4.78 is 5.21. The van der Waals surface area contributed by atoms with Gasteiger partial charge in [0.1, 0.15) is 6.04 Å². The minimum absolute atomic E-state index is 0.0698. The summed E-state index contributed by atoms with van der Waals surface area (Å²) in [6.45, 7) is 0.128. The molecule has 0 aromatic rings. The van der Waals surface area contributed by atoms with Gasteiger partial charge in [0, 0.05) is 26.5 Å². The Bertz CT molecular complexity index is 599. The van der Waals surface area contributed by atoms with E-state index >= 15 is 0 Å². The SMILES string of the molecule is COC1CC(C(=O)O)N(C(=O)CNC(=O)CC23CC4CC(CC(C4)C2)C3)C1. The van der Waals surface area contributed by atoms with Gasteiger partial charge in [-0.2, -0.15) is 0 Å². The molecule has 0 aromatic carbocycles. The highest BCUT2D eigenvalue weighted by Crippen LogP contribution is 2.61. The molecule has 5 rings (SSSR count). The van der Waals surface area contributed by atoms with E-state index in [4.69, 9.17) is 4.74 Å². The maximum atomic E-state index is 12.6. The topological polar surface area (TPSA) is 95.9 Å². The van der Waals surface area contributed by atoms with Gasteiger partial charge >= 0.3 is 5.97 Å². The Morgan fingerprint density at radius 2 is 1.67 bits per heavy atom. The summed E-state index contributed by atoms with van der Waals surface area (Å²) in [7, 11) is 1.52. The lowest BCUT2D eigenvalue weighted by atomic mass is 9.49. The molecule has 5 fully saturated rings. The summed E-state index contributed by atoms with van der Waals surface area (Å²) in [6.07, 6.45) is 8.02. The average Bonchev–Trinajstić information content (AvgIpc) is 3.03. The number of carbonyl (C=O) groups is 3. The highest BCUT2D eigenvalue weighted by molar-refractivity contribution is 5.88. The van der Waals surface area contributed by atoms with Crippen molar-refractivity contribution in [1.29, 1.82) is 0 Å². The second-order valence-electron chi connectivity index (χ2n) is 9.36. The van der Waals surface area contributed by atoms with Gasteiger partial charge in [0.15, 0.2) is 0 Å². The third-order valence-electron chi connectivity index (χ3n) is 7.34. The lowest BCUT2D eigenvalue weighted by Gasteiger charge is -2.56. The molecule has 27 heavy (non-hydrogen) atoms. The van der Waals surface area contributed by atoms with Crippen molar-refractivity contribution in [3.63, 3.8) is 0 Å². The number of rotatable bonds is 6. The maximum absolute atomic E-state index is 12.6. The lowest BCUT2D eigenvalue weighted by Crippen LogP contribution is -2.49. The number of methoxy groups -OCH3 is 1. The summed E-state index contributed by atoms with van der Waals surface area (Å²) in [5.41, 5.74) is 0.139. The van der Waals surface area contributed by atoms with Gasteiger partial charge in [-0.3, -0.25) is 9.59 Å². The number of hydrogen-bond acceptors (Lipinski definition) is 4. The van der Waals surface area contributed by atoms with E-state index in [0.29, 0.717) is 12.8 Å². The van der Waals surface area contributed by atoms with Gasteiger partial charge in [-0.15, -0.1) is 0 Å². The van der Waals surface area contributed by atoms with Gasteiger partial charge in [0.2, 0.25) is 11.8 Å². The molecule has 1 aliphatic heterocycles. The molecule has 1 saturated heterocycles. The number of nitrogens with one attached hydrogen (secondary N) is 1. The molecule has 1 heterocycles. The van der Waals surface area contributed by atoms with Crippen molar-refractivity contribution in [2.45, 2.75) is 63.5 Å². The molecule has 7 nitrogen and oxygen atoms in total. The molecule has 7 heteroatoms. The monoisotopic (exact) mass is 378 g/mol. The van der Waals surface area contributed by atoms with E-state index in [1.54, 1.807) is 0 Å². The molecule has 2 atom stereocenters. The molecular weight excluding hydrogens is 348 g/mol. The van der Waals surface area contributed by atoms with E-state index in [-0.39, 0.29) is 36.4 Å². The van der Waals surface area contributed by atoms with Crippen LogP contribution in [0.1, 0.15) is 51.4 Å². The molecule has 0 radical (unpaired) electrons. The van der Waals surface area contributed by atoms with Gasteiger partial charge in [0.05, 0.1) is 12.6 Å². The second-order valence-corrected chi connectivity index (χ2v) is 9.36. The highest BCUT2D eigenvalue weighted by Gasteiger charge is 2.51. The van der Waals surface area contributed by atoms with Crippen LogP contribution in [0.4, 0.5) is 0 Å². The summed E-state index contributed by atoms with van der Waals surface area (Å²) >= 11 is 0. The lowest BCUT2D eigenvalue weighted by molar-refractivity contribution is -0.148. The first kappa shape index (κ1) is 18.7.